The van der Waals surface area contributed by atoms with Crippen LogP contribution in [0.15, 0.2) is 60.7 Å². The predicted octanol–water partition coefficient (Wildman–Crippen LogP) is 3.09. The lowest BCUT2D eigenvalue weighted by Gasteiger charge is -2.26. The summed E-state index contributed by atoms with van der Waals surface area (Å²) in [5.41, 5.74) is 1.41. The van der Waals surface area contributed by atoms with E-state index in [0.717, 1.165) is 5.56 Å². The summed E-state index contributed by atoms with van der Waals surface area (Å²) in [5.74, 6) is -0.211. The van der Waals surface area contributed by atoms with Crippen molar-refractivity contribution in [1.82, 2.24) is 4.90 Å². The van der Waals surface area contributed by atoms with Crippen LogP contribution in [-0.4, -0.2) is 23.6 Å². The summed E-state index contributed by atoms with van der Waals surface area (Å²) in [4.78, 5) is 25.9. The van der Waals surface area contributed by atoms with Crippen molar-refractivity contribution in [2.24, 2.45) is 0 Å². The normalized spacial score (nSPS) is 11.7. The summed E-state index contributed by atoms with van der Waals surface area (Å²) >= 11 is 0. The molecule has 0 aliphatic carbocycles. The van der Waals surface area contributed by atoms with Crippen molar-refractivity contribution in [2.45, 2.75) is 13.0 Å². The summed E-state index contributed by atoms with van der Waals surface area (Å²) in [6, 6.07) is 17.8. The first-order valence-corrected chi connectivity index (χ1v) is 6.49. The molecule has 20 heavy (non-hydrogen) atoms. The van der Waals surface area contributed by atoms with Crippen LogP contribution in [0.4, 0.5) is 0 Å². The van der Waals surface area contributed by atoms with Crippen LogP contribution in [0.5, 0.6) is 0 Å². The van der Waals surface area contributed by atoms with Gasteiger partial charge >= 0.3 is 0 Å². The molecule has 0 radical (unpaired) electrons. The number of amides is 1. The van der Waals surface area contributed by atoms with E-state index in [9.17, 15) is 9.59 Å². The molecule has 3 nitrogen and oxygen atoms in total. The molecule has 0 aromatic heterocycles. The second-order valence-electron chi connectivity index (χ2n) is 4.71. The lowest BCUT2D eigenvalue weighted by molar-refractivity contribution is -0.121. The topological polar surface area (TPSA) is 37.4 Å². The fourth-order valence-electron chi connectivity index (χ4n) is 2.27. The molecule has 0 heterocycles. The van der Waals surface area contributed by atoms with Crippen LogP contribution in [0.25, 0.3) is 0 Å². The summed E-state index contributed by atoms with van der Waals surface area (Å²) < 4.78 is 0. The summed E-state index contributed by atoms with van der Waals surface area (Å²) in [7, 11) is 1.66. The summed E-state index contributed by atoms with van der Waals surface area (Å²) in [6.45, 7) is 1.51. The minimum atomic E-state index is -0.552. The molecule has 0 N–H and O–H groups in total. The maximum absolute atomic E-state index is 12.4. The molecule has 0 bridgehead atoms. The Kier molecular flexibility index (Phi) is 4.31. The van der Waals surface area contributed by atoms with Gasteiger partial charge in [0, 0.05) is 12.6 Å². The Morgan fingerprint density at radius 1 is 0.900 bits per heavy atom. The van der Waals surface area contributed by atoms with Gasteiger partial charge in [0.05, 0.1) is 0 Å². The minimum absolute atomic E-state index is 0.0528. The highest BCUT2D eigenvalue weighted by molar-refractivity contribution is 5.97. The zero-order chi connectivity index (χ0) is 14.5. The van der Waals surface area contributed by atoms with Crippen LogP contribution in [0.3, 0.4) is 0 Å². The highest BCUT2D eigenvalue weighted by atomic mass is 16.2. The van der Waals surface area contributed by atoms with Crippen molar-refractivity contribution >= 4 is 11.7 Å². The number of carbonyl (C=O) groups is 2. The van der Waals surface area contributed by atoms with Gasteiger partial charge in [-0.1, -0.05) is 48.5 Å². The smallest absolute Gasteiger partial charge is 0.254 e. The van der Waals surface area contributed by atoms with Gasteiger partial charge in [0.25, 0.3) is 5.91 Å². The number of carbonyl (C=O) groups excluding carboxylic acids is 2. The molecule has 0 aliphatic rings. The Morgan fingerprint density at radius 3 is 1.90 bits per heavy atom. The molecule has 102 valence electrons. The molecule has 0 spiro atoms. The standard InChI is InChI=1S/C17H17NO2/c1-13(19)16(14-9-5-3-6-10-14)18(2)17(20)15-11-7-4-8-12-15/h3-12,16H,1-2H3. The molecular weight excluding hydrogens is 250 g/mol. The highest BCUT2D eigenvalue weighted by Crippen LogP contribution is 2.22. The molecular formula is C17H17NO2. The monoisotopic (exact) mass is 267 g/mol. The van der Waals surface area contributed by atoms with Crippen LogP contribution < -0.4 is 0 Å². The number of nitrogens with zero attached hydrogens (tertiary/aromatic N) is 1. The highest BCUT2D eigenvalue weighted by Gasteiger charge is 2.26. The SMILES string of the molecule is CC(=O)C(c1ccccc1)N(C)C(=O)c1ccccc1. The molecule has 1 atom stereocenters. The van der Waals surface area contributed by atoms with Crippen LogP contribution in [0.2, 0.25) is 0 Å². The third-order valence-electron chi connectivity index (χ3n) is 3.23. The molecule has 0 saturated heterocycles. The average molecular weight is 267 g/mol. The van der Waals surface area contributed by atoms with Gasteiger partial charge in [-0.25, -0.2) is 0 Å². The van der Waals surface area contributed by atoms with Gasteiger partial charge in [-0.2, -0.15) is 0 Å². The Morgan fingerprint density at radius 2 is 1.40 bits per heavy atom. The van der Waals surface area contributed by atoms with E-state index in [-0.39, 0.29) is 11.7 Å². The third kappa shape index (κ3) is 2.94. The largest absolute Gasteiger partial charge is 0.328 e. The van der Waals surface area contributed by atoms with Gasteiger partial charge in [-0.3, -0.25) is 9.59 Å². The Balaban J connectivity index is 2.31. The van der Waals surface area contributed by atoms with Crippen LogP contribution >= 0.6 is 0 Å². The van der Waals surface area contributed by atoms with E-state index >= 15 is 0 Å². The summed E-state index contributed by atoms with van der Waals surface area (Å²) in [6.07, 6.45) is 0. The van der Waals surface area contributed by atoms with Crippen LogP contribution in [0.1, 0.15) is 28.9 Å². The Bertz CT molecular complexity index is 593. The van der Waals surface area contributed by atoms with E-state index in [1.54, 1.807) is 19.2 Å². The van der Waals surface area contributed by atoms with Crippen molar-refractivity contribution < 1.29 is 9.59 Å². The van der Waals surface area contributed by atoms with Gasteiger partial charge < -0.3 is 4.90 Å². The van der Waals surface area contributed by atoms with Crippen molar-refractivity contribution in [1.29, 1.82) is 0 Å². The van der Waals surface area contributed by atoms with Crippen molar-refractivity contribution in [3.63, 3.8) is 0 Å². The molecule has 1 amide bonds. The van der Waals surface area contributed by atoms with E-state index in [0.29, 0.717) is 5.56 Å². The molecule has 0 saturated carbocycles. The molecule has 2 aromatic carbocycles. The first-order valence-electron chi connectivity index (χ1n) is 6.49. The number of ketones is 1. The molecule has 0 aliphatic heterocycles. The van der Waals surface area contributed by atoms with Gasteiger partial charge in [0.15, 0.2) is 5.78 Å². The molecule has 2 rings (SSSR count). The fraction of sp³-hybridized carbons (Fsp3) is 0.176. The molecule has 3 heteroatoms. The first kappa shape index (κ1) is 14.0. The Labute approximate surface area is 118 Å². The maximum Gasteiger partial charge on any atom is 0.254 e. The molecule has 1 unspecified atom stereocenters. The predicted molar refractivity (Wildman–Crippen MR) is 78.4 cm³/mol. The quantitative estimate of drug-likeness (QED) is 0.853. The van der Waals surface area contributed by atoms with E-state index in [2.05, 4.69) is 0 Å². The van der Waals surface area contributed by atoms with Gasteiger partial charge in [-0.15, -0.1) is 0 Å². The average Bonchev–Trinajstić information content (AvgIpc) is 2.48. The van der Waals surface area contributed by atoms with Gasteiger partial charge in [0.2, 0.25) is 0 Å². The Hall–Kier alpha value is -2.42. The molecule has 2 aromatic rings. The van der Waals surface area contributed by atoms with Gasteiger partial charge in [0.1, 0.15) is 6.04 Å². The third-order valence-corrected chi connectivity index (χ3v) is 3.23. The number of Topliss-reactive ketones (excluding diaryl/α,β-unsaturated/α-hetero) is 1. The minimum Gasteiger partial charge on any atom is -0.328 e. The fourth-order valence-corrected chi connectivity index (χ4v) is 2.27. The number of likely N-dealkylation sites (N-methyl/N-ethyl adjacent to an activating group) is 1. The lowest BCUT2D eigenvalue weighted by Crippen LogP contribution is -2.35. The molecule has 0 fully saturated rings. The first-order chi connectivity index (χ1) is 9.61. The second kappa shape index (κ2) is 6.15. The van der Waals surface area contributed by atoms with Crippen LogP contribution in [-0.2, 0) is 4.79 Å². The van der Waals surface area contributed by atoms with E-state index in [1.165, 1.54) is 11.8 Å². The maximum atomic E-state index is 12.4. The second-order valence-corrected chi connectivity index (χ2v) is 4.71. The van der Waals surface area contributed by atoms with Crippen molar-refractivity contribution in [3.8, 4) is 0 Å². The lowest BCUT2D eigenvalue weighted by atomic mass is 10.0. The zero-order valence-electron chi connectivity index (χ0n) is 11.6. The number of rotatable bonds is 4. The number of benzene rings is 2. The van der Waals surface area contributed by atoms with E-state index in [4.69, 9.17) is 0 Å². The van der Waals surface area contributed by atoms with Crippen LogP contribution in [0, 0.1) is 0 Å². The van der Waals surface area contributed by atoms with E-state index in [1.807, 2.05) is 48.5 Å². The van der Waals surface area contributed by atoms with Gasteiger partial charge in [-0.05, 0) is 24.6 Å². The number of hydrogen-bond acceptors (Lipinski definition) is 2. The summed E-state index contributed by atoms with van der Waals surface area (Å²) in [5, 5.41) is 0. The zero-order valence-corrected chi connectivity index (χ0v) is 11.6. The number of hydrogen-bond donors (Lipinski definition) is 0. The van der Waals surface area contributed by atoms with Crippen molar-refractivity contribution in [3.05, 3.63) is 71.8 Å². The van der Waals surface area contributed by atoms with Crippen molar-refractivity contribution in [2.75, 3.05) is 7.05 Å². The van der Waals surface area contributed by atoms with E-state index < -0.39 is 6.04 Å².